The lowest BCUT2D eigenvalue weighted by Gasteiger charge is -2.18. The molecule has 1 atom stereocenters. The lowest BCUT2D eigenvalue weighted by Crippen LogP contribution is -2.29. The summed E-state index contributed by atoms with van der Waals surface area (Å²) >= 11 is 0. The van der Waals surface area contributed by atoms with Gasteiger partial charge in [0.15, 0.2) is 6.10 Å². The maximum Gasteiger partial charge on any atom is 0.310 e. The molecule has 0 amide bonds. The minimum atomic E-state index is -0.599. The number of rotatable bonds is 52. The number of hydrogen-bond donors (Lipinski definition) is 0. The predicted octanol–water partition coefficient (Wildman–Crippen LogP) is 19.8. The fourth-order valence-corrected chi connectivity index (χ4v) is 7.85. The van der Waals surface area contributed by atoms with E-state index in [2.05, 4.69) is 106 Å². The van der Waals surface area contributed by atoms with Gasteiger partial charge in [-0.15, -0.1) is 0 Å². The van der Waals surface area contributed by atoms with Crippen molar-refractivity contribution in [2.45, 2.75) is 271 Å². The Balaban J connectivity index is 4.37. The van der Waals surface area contributed by atoms with Crippen LogP contribution in [0.2, 0.25) is 0 Å². The first kappa shape index (κ1) is 64.8. The molecule has 0 aliphatic heterocycles. The first-order chi connectivity index (χ1) is 33.6. The Morgan fingerprint density at radius 3 is 1.18 bits per heavy atom. The molecule has 0 aromatic carbocycles. The molecule has 0 heterocycles. The summed E-state index contributed by atoms with van der Waals surface area (Å²) in [5, 5.41) is 0. The molecule has 0 N–H and O–H groups in total. The largest absolute Gasteiger partial charge is 0.462 e. The number of allylic oxidation sites excluding steroid dienone is 15. The second-order valence-corrected chi connectivity index (χ2v) is 18.8. The fraction of sp³-hybridized carbons (Fsp3) is 0.714. The van der Waals surface area contributed by atoms with Gasteiger partial charge in [-0.1, -0.05) is 246 Å². The average Bonchev–Trinajstić information content (AvgIpc) is 3.34. The summed E-state index contributed by atoms with van der Waals surface area (Å²) < 4.78 is 17.4. The molecule has 390 valence electrons. The van der Waals surface area contributed by atoms with Crippen LogP contribution < -0.4 is 0 Å². The van der Waals surface area contributed by atoms with Gasteiger partial charge in [0.1, 0.15) is 6.61 Å². The highest BCUT2D eigenvalue weighted by Crippen LogP contribution is 2.14. The van der Waals surface area contributed by atoms with Gasteiger partial charge in [-0.2, -0.15) is 0 Å². The molecule has 5 heteroatoms. The molecule has 0 bridgehead atoms. The number of ether oxygens (including phenoxy) is 3. The number of carbonyl (C=O) groups is 2. The average molecular weight is 946 g/mol. The van der Waals surface area contributed by atoms with Gasteiger partial charge >= 0.3 is 11.9 Å². The number of carbonyl (C=O) groups excluding carboxylic acids is 2. The third-order valence-electron chi connectivity index (χ3n) is 12.1. The molecule has 68 heavy (non-hydrogen) atoms. The van der Waals surface area contributed by atoms with Crippen LogP contribution in [0.1, 0.15) is 265 Å². The van der Waals surface area contributed by atoms with Crippen LogP contribution in [0.4, 0.5) is 0 Å². The van der Waals surface area contributed by atoms with E-state index in [1.54, 1.807) is 0 Å². The van der Waals surface area contributed by atoms with Gasteiger partial charge < -0.3 is 14.2 Å². The third kappa shape index (κ3) is 55.4. The molecule has 0 saturated heterocycles. The van der Waals surface area contributed by atoms with Crippen molar-refractivity contribution in [3.63, 3.8) is 0 Å². The van der Waals surface area contributed by atoms with E-state index in [1.807, 2.05) is 12.2 Å². The maximum atomic E-state index is 12.8. The van der Waals surface area contributed by atoms with Crippen molar-refractivity contribution >= 4 is 11.9 Å². The van der Waals surface area contributed by atoms with Gasteiger partial charge in [0, 0.05) is 13.0 Å². The van der Waals surface area contributed by atoms with E-state index in [0.717, 1.165) is 70.6 Å². The fourth-order valence-electron chi connectivity index (χ4n) is 7.85. The van der Waals surface area contributed by atoms with Crippen LogP contribution in [-0.2, 0) is 23.8 Å². The van der Waals surface area contributed by atoms with E-state index in [9.17, 15) is 9.59 Å². The predicted molar refractivity (Wildman–Crippen MR) is 297 cm³/mol. The van der Waals surface area contributed by atoms with E-state index in [4.69, 9.17) is 14.2 Å². The van der Waals surface area contributed by atoms with Gasteiger partial charge in [0.25, 0.3) is 0 Å². The Morgan fingerprint density at radius 2 is 0.706 bits per heavy atom. The molecule has 0 fully saturated rings. The van der Waals surface area contributed by atoms with E-state index >= 15 is 0 Å². The third-order valence-corrected chi connectivity index (χ3v) is 12.1. The summed E-state index contributed by atoms with van der Waals surface area (Å²) in [4.78, 5) is 25.4. The highest BCUT2D eigenvalue weighted by atomic mass is 16.6. The van der Waals surface area contributed by atoms with Gasteiger partial charge in [-0.05, 0) is 103 Å². The molecule has 1 unspecified atom stereocenters. The molecule has 0 aliphatic carbocycles. The maximum absolute atomic E-state index is 12.8. The van der Waals surface area contributed by atoms with Gasteiger partial charge in [-0.3, -0.25) is 9.59 Å². The first-order valence-electron chi connectivity index (χ1n) is 28.8. The standard InChI is InChI=1S/C63H108O5/c1-4-7-10-13-16-19-22-25-28-30-31-32-34-37-40-43-46-49-52-55-58-66-59-61(68-63(65)57-54-51-48-45-42-39-35-27-24-21-18-15-12-9-6-3)60-67-62(64)56-53-50-47-44-41-38-36-33-29-26-23-20-17-14-11-8-5-2/h9,12,16,18-19,21,25-29,35,42,45,51,54,61H,4-8,10-11,13-15,17,20,22-24,30-34,36-41,43-44,46-50,52-53,55-60H2,1-3H3/b12-9-,19-16-,21-18-,28-25-,29-26-,35-27-,45-42-,54-51-. The van der Waals surface area contributed by atoms with Gasteiger partial charge in [0.05, 0.1) is 13.0 Å². The molecule has 0 aromatic heterocycles. The van der Waals surface area contributed by atoms with Crippen molar-refractivity contribution in [2.75, 3.05) is 19.8 Å². The lowest BCUT2D eigenvalue weighted by atomic mass is 10.1. The SMILES string of the molecule is CC/C=C\C/C=C\C/C=C\C/C=C\C/C=C\CC(=O)OC(COCCCCCCCCCCCC/C=C\C/C=C\CCCCC)COC(=O)CCCCCCCCC/C=C\CCCCCCCC. The highest BCUT2D eigenvalue weighted by molar-refractivity contribution is 5.71. The summed E-state index contributed by atoms with van der Waals surface area (Å²) in [6.07, 6.45) is 78.8. The van der Waals surface area contributed by atoms with Crippen LogP contribution in [0.3, 0.4) is 0 Å². The molecule has 0 spiro atoms. The zero-order chi connectivity index (χ0) is 49.2. The van der Waals surface area contributed by atoms with Crippen LogP contribution in [0, 0.1) is 0 Å². The van der Waals surface area contributed by atoms with E-state index < -0.39 is 6.10 Å². The van der Waals surface area contributed by atoms with Crippen molar-refractivity contribution in [2.24, 2.45) is 0 Å². The molecule has 0 aliphatic rings. The van der Waals surface area contributed by atoms with Crippen LogP contribution in [0.25, 0.3) is 0 Å². The van der Waals surface area contributed by atoms with E-state index in [0.29, 0.717) is 13.0 Å². The van der Waals surface area contributed by atoms with Crippen LogP contribution in [0.5, 0.6) is 0 Å². The molecular weight excluding hydrogens is 837 g/mol. The second-order valence-electron chi connectivity index (χ2n) is 18.8. The Bertz CT molecular complexity index is 1300. The molecule has 0 rings (SSSR count). The summed E-state index contributed by atoms with van der Waals surface area (Å²) in [6, 6.07) is 0. The lowest BCUT2D eigenvalue weighted by molar-refractivity contribution is -0.162. The molecule has 0 aromatic rings. The van der Waals surface area contributed by atoms with Crippen LogP contribution >= 0.6 is 0 Å². The zero-order valence-corrected chi connectivity index (χ0v) is 44.8. The number of esters is 2. The Labute approximate surface area is 422 Å². The van der Waals surface area contributed by atoms with Gasteiger partial charge in [0.2, 0.25) is 0 Å². The molecule has 0 radical (unpaired) electrons. The summed E-state index contributed by atoms with van der Waals surface area (Å²) in [5.74, 6) is -0.547. The summed E-state index contributed by atoms with van der Waals surface area (Å²) in [7, 11) is 0. The quantitative estimate of drug-likeness (QED) is 0.0345. The highest BCUT2D eigenvalue weighted by Gasteiger charge is 2.17. The summed E-state index contributed by atoms with van der Waals surface area (Å²) in [5.41, 5.74) is 0. The Hall–Kier alpha value is -3.18. The Morgan fingerprint density at radius 1 is 0.353 bits per heavy atom. The number of unbranched alkanes of at least 4 members (excludes halogenated alkanes) is 26. The summed E-state index contributed by atoms with van der Waals surface area (Å²) in [6.45, 7) is 7.58. The minimum absolute atomic E-state index is 0.0389. The van der Waals surface area contributed by atoms with E-state index in [1.165, 1.54) is 161 Å². The van der Waals surface area contributed by atoms with Crippen molar-refractivity contribution in [3.05, 3.63) is 97.2 Å². The van der Waals surface area contributed by atoms with Gasteiger partial charge in [-0.25, -0.2) is 0 Å². The molecular formula is C63H108O5. The number of hydrogen-bond acceptors (Lipinski definition) is 5. The van der Waals surface area contributed by atoms with Crippen LogP contribution in [-0.4, -0.2) is 37.9 Å². The van der Waals surface area contributed by atoms with Crippen LogP contribution in [0.15, 0.2) is 97.2 Å². The second kappa shape index (κ2) is 58.1. The monoisotopic (exact) mass is 945 g/mol. The van der Waals surface area contributed by atoms with E-state index in [-0.39, 0.29) is 31.6 Å². The zero-order valence-electron chi connectivity index (χ0n) is 44.8. The first-order valence-corrected chi connectivity index (χ1v) is 28.8. The minimum Gasteiger partial charge on any atom is -0.462 e. The van der Waals surface area contributed by atoms with Crippen molar-refractivity contribution in [3.8, 4) is 0 Å². The molecule has 0 saturated carbocycles. The normalized spacial score (nSPS) is 12.9. The topological polar surface area (TPSA) is 61.8 Å². The smallest absolute Gasteiger partial charge is 0.310 e. The van der Waals surface area contributed by atoms with Crippen molar-refractivity contribution in [1.82, 2.24) is 0 Å². The van der Waals surface area contributed by atoms with Crippen molar-refractivity contribution < 1.29 is 23.8 Å². The molecule has 5 nitrogen and oxygen atoms in total. The van der Waals surface area contributed by atoms with Crippen molar-refractivity contribution in [1.29, 1.82) is 0 Å². The Kier molecular flexibility index (Phi) is 55.4.